The van der Waals surface area contributed by atoms with Gasteiger partial charge >= 0.3 is 5.97 Å². The molecular weight excluding hydrogens is 276 g/mol. The highest BCUT2D eigenvalue weighted by molar-refractivity contribution is 5.94. The monoisotopic (exact) mass is 294 g/mol. The first-order chi connectivity index (χ1) is 9.88. The molecule has 0 aliphatic rings. The highest BCUT2D eigenvalue weighted by atomic mass is 16.5. The molecule has 0 fully saturated rings. The average Bonchev–Trinajstić information content (AvgIpc) is 2.40. The van der Waals surface area contributed by atoms with Gasteiger partial charge in [-0.05, 0) is 24.3 Å². The molecule has 0 bridgehead atoms. The van der Waals surface area contributed by atoms with Gasteiger partial charge in [0.15, 0.2) is 0 Å². The Bertz CT molecular complexity index is 511. The topological polar surface area (TPSA) is 105 Å². The zero-order chi connectivity index (χ0) is 15.8. The Balaban J connectivity index is 2.45. The number of rotatable bonds is 7. The molecule has 0 aromatic heterocycles. The number of carbonyl (C=O) groups is 3. The van der Waals surface area contributed by atoms with Crippen molar-refractivity contribution in [2.45, 2.75) is 13.8 Å². The molecule has 0 aliphatic carbocycles. The molecule has 7 heteroatoms. The van der Waals surface area contributed by atoms with Crippen LogP contribution in [0, 0.1) is 5.92 Å². The second-order valence-electron chi connectivity index (χ2n) is 4.66. The molecule has 21 heavy (non-hydrogen) atoms. The summed E-state index contributed by atoms with van der Waals surface area (Å²) in [6.45, 7) is 2.73. The van der Waals surface area contributed by atoms with E-state index < -0.39 is 18.5 Å². The number of aliphatic carboxylic acids is 1. The van der Waals surface area contributed by atoms with E-state index in [9.17, 15) is 14.4 Å². The summed E-state index contributed by atoms with van der Waals surface area (Å²) in [4.78, 5) is 33.2. The summed E-state index contributed by atoms with van der Waals surface area (Å²) in [5.41, 5.74) is 1.16. The van der Waals surface area contributed by atoms with Gasteiger partial charge in [0.2, 0.25) is 11.8 Å². The van der Waals surface area contributed by atoms with Gasteiger partial charge in [0, 0.05) is 17.3 Å². The maximum absolute atomic E-state index is 11.5. The van der Waals surface area contributed by atoms with Crippen molar-refractivity contribution in [2.24, 2.45) is 5.92 Å². The van der Waals surface area contributed by atoms with E-state index in [-0.39, 0.29) is 18.4 Å². The zero-order valence-electron chi connectivity index (χ0n) is 11.9. The molecule has 0 atom stereocenters. The van der Waals surface area contributed by atoms with Gasteiger partial charge in [-0.2, -0.15) is 0 Å². The summed E-state index contributed by atoms with van der Waals surface area (Å²) in [5.74, 6) is -1.78. The number of carbonyl (C=O) groups excluding carboxylic acids is 2. The summed E-state index contributed by atoms with van der Waals surface area (Å²) in [5, 5.41) is 13.6. The van der Waals surface area contributed by atoms with Crippen LogP contribution in [0.1, 0.15) is 13.8 Å². The van der Waals surface area contributed by atoms with Crippen molar-refractivity contribution in [2.75, 3.05) is 23.8 Å². The first-order valence-corrected chi connectivity index (χ1v) is 6.39. The molecule has 1 rings (SSSR count). The van der Waals surface area contributed by atoms with E-state index in [1.165, 1.54) is 0 Å². The van der Waals surface area contributed by atoms with Crippen molar-refractivity contribution in [1.82, 2.24) is 0 Å². The Labute approximate surface area is 122 Å². The molecule has 0 radical (unpaired) electrons. The molecule has 0 spiro atoms. The number of carboxylic acids is 1. The minimum absolute atomic E-state index is 0.0890. The van der Waals surface area contributed by atoms with Crippen LogP contribution in [0.2, 0.25) is 0 Å². The van der Waals surface area contributed by atoms with E-state index in [0.29, 0.717) is 11.4 Å². The van der Waals surface area contributed by atoms with Crippen LogP contribution in [0.4, 0.5) is 11.4 Å². The fourth-order valence-corrected chi connectivity index (χ4v) is 1.35. The van der Waals surface area contributed by atoms with Gasteiger partial charge in [-0.3, -0.25) is 9.59 Å². The Hall–Kier alpha value is -2.41. The molecule has 114 valence electrons. The van der Waals surface area contributed by atoms with Gasteiger partial charge in [-0.15, -0.1) is 0 Å². The third-order valence-corrected chi connectivity index (χ3v) is 2.42. The van der Waals surface area contributed by atoms with Crippen LogP contribution in [0.25, 0.3) is 0 Å². The van der Waals surface area contributed by atoms with E-state index in [1.807, 2.05) is 0 Å². The molecule has 0 heterocycles. The highest BCUT2D eigenvalue weighted by Gasteiger charge is 2.08. The summed E-state index contributed by atoms with van der Waals surface area (Å²) in [7, 11) is 0. The van der Waals surface area contributed by atoms with Crippen LogP contribution >= 0.6 is 0 Å². The second kappa shape index (κ2) is 8.01. The minimum atomic E-state index is -1.13. The van der Waals surface area contributed by atoms with Crippen LogP contribution in [-0.2, 0) is 19.1 Å². The lowest BCUT2D eigenvalue weighted by Crippen LogP contribution is -2.20. The lowest BCUT2D eigenvalue weighted by molar-refractivity contribution is -0.143. The Morgan fingerprint density at radius 2 is 1.57 bits per heavy atom. The fourth-order valence-electron chi connectivity index (χ4n) is 1.35. The summed E-state index contributed by atoms with van der Waals surface area (Å²) < 4.78 is 4.66. The number of hydrogen-bond donors (Lipinski definition) is 3. The number of benzene rings is 1. The molecule has 0 unspecified atom stereocenters. The summed E-state index contributed by atoms with van der Waals surface area (Å²) in [6.07, 6.45) is 0. The van der Waals surface area contributed by atoms with Crippen molar-refractivity contribution < 1.29 is 24.2 Å². The van der Waals surface area contributed by atoms with Gasteiger partial charge in [-0.25, -0.2) is 4.79 Å². The molecule has 0 saturated carbocycles. The van der Waals surface area contributed by atoms with Gasteiger partial charge in [0.1, 0.15) is 13.2 Å². The third kappa shape index (κ3) is 6.53. The van der Waals surface area contributed by atoms with Gasteiger partial charge in [-0.1, -0.05) is 13.8 Å². The number of amides is 2. The van der Waals surface area contributed by atoms with Crippen LogP contribution in [0.3, 0.4) is 0 Å². The Morgan fingerprint density at radius 3 is 2.05 bits per heavy atom. The quantitative estimate of drug-likeness (QED) is 0.703. The molecule has 0 saturated heterocycles. The van der Waals surface area contributed by atoms with Crippen molar-refractivity contribution >= 4 is 29.2 Å². The van der Waals surface area contributed by atoms with Crippen molar-refractivity contribution in [3.8, 4) is 0 Å². The van der Waals surface area contributed by atoms with E-state index in [4.69, 9.17) is 5.11 Å². The van der Waals surface area contributed by atoms with E-state index in [1.54, 1.807) is 38.1 Å². The molecule has 2 amide bonds. The molecule has 3 N–H and O–H groups in total. The largest absolute Gasteiger partial charge is 0.480 e. The smallest absolute Gasteiger partial charge is 0.329 e. The average molecular weight is 294 g/mol. The van der Waals surface area contributed by atoms with Crippen molar-refractivity contribution in [1.29, 1.82) is 0 Å². The first kappa shape index (κ1) is 16.6. The lowest BCUT2D eigenvalue weighted by atomic mass is 10.2. The van der Waals surface area contributed by atoms with Gasteiger partial charge in [0.25, 0.3) is 0 Å². The Morgan fingerprint density at radius 1 is 1.05 bits per heavy atom. The van der Waals surface area contributed by atoms with Gasteiger partial charge in [0.05, 0.1) is 0 Å². The fraction of sp³-hybridized carbons (Fsp3) is 0.357. The maximum atomic E-state index is 11.5. The Kier molecular flexibility index (Phi) is 6.35. The number of hydrogen-bond acceptors (Lipinski definition) is 4. The van der Waals surface area contributed by atoms with Crippen LogP contribution in [0.5, 0.6) is 0 Å². The molecule has 7 nitrogen and oxygen atoms in total. The van der Waals surface area contributed by atoms with Crippen LogP contribution in [0.15, 0.2) is 24.3 Å². The van der Waals surface area contributed by atoms with Crippen LogP contribution in [-0.4, -0.2) is 36.1 Å². The number of anilines is 2. The maximum Gasteiger partial charge on any atom is 0.329 e. The zero-order valence-corrected chi connectivity index (χ0v) is 11.9. The van der Waals surface area contributed by atoms with Crippen molar-refractivity contribution in [3.05, 3.63) is 24.3 Å². The highest BCUT2D eigenvalue weighted by Crippen LogP contribution is 2.14. The number of ether oxygens (including phenoxy) is 1. The van der Waals surface area contributed by atoms with Crippen molar-refractivity contribution in [3.63, 3.8) is 0 Å². The minimum Gasteiger partial charge on any atom is -0.480 e. The first-order valence-electron chi connectivity index (χ1n) is 6.39. The van der Waals surface area contributed by atoms with E-state index in [2.05, 4.69) is 15.4 Å². The third-order valence-electron chi connectivity index (χ3n) is 2.42. The summed E-state index contributed by atoms with van der Waals surface area (Å²) in [6, 6.07) is 6.58. The molecule has 1 aromatic rings. The number of carboxylic acid groups (broad SMARTS) is 1. The predicted molar refractivity (Wildman–Crippen MR) is 77.0 cm³/mol. The van der Waals surface area contributed by atoms with Gasteiger partial charge < -0.3 is 20.5 Å². The number of nitrogens with one attached hydrogen (secondary N) is 2. The van der Waals surface area contributed by atoms with E-state index in [0.717, 1.165) is 0 Å². The normalized spacial score (nSPS) is 10.2. The van der Waals surface area contributed by atoms with E-state index >= 15 is 0 Å². The second-order valence-corrected chi connectivity index (χ2v) is 4.66. The SMILES string of the molecule is CC(C)C(=O)Nc1ccc(NC(=O)COCC(=O)O)cc1. The molecular formula is C14H18N2O5. The summed E-state index contributed by atoms with van der Waals surface area (Å²) >= 11 is 0. The molecule has 1 aromatic carbocycles. The standard InChI is InChI=1S/C14H18N2O5/c1-9(2)14(20)16-11-5-3-10(4-6-11)15-12(17)7-21-8-13(18)19/h3-6,9H,7-8H2,1-2H3,(H,15,17)(H,16,20)(H,18,19). The van der Waals surface area contributed by atoms with Crippen LogP contribution < -0.4 is 10.6 Å². The predicted octanol–water partition coefficient (Wildman–Crippen LogP) is 1.32. The molecule has 0 aliphatic heterocycles. The lowest BCUT2D eigenvalue weighted by Gasteiger charge is -2.09.